The molecule has 1 heterocycles. The number of likely N-dealkylation sites (N-methyl/N-ethyl adjacent to an activating group) is 1. The smallest absolute Gasteiger partial charge is 0.102 e. The Bertz CT molecular complexity index is 323. The summed E-state index contributed by atoms with van der Waals surface area (Å²) in [6, 6.07) is 0.498. The fraction of sp³-hybridized carbons (Fsp3) is 0.786. The number of rotatable bonds is 3. The highest BCUT2D eigenvalue weighted by molar-refractivity contribution is 5.81. The van der Waals surface area contributed by atoms with Crippen molar-refractivity contribution in [3.8, 4) is 0 Å². The molecule has 98 valence electrons. The standard InChI is InChI=1S/C14H27N3/c1-10-8-13(17(7)12(3)15-10)16-11(2)9-14(4,5)6/h8,11,13,16H,9H2,1-7H3/t11-,13?/m1/s1. The van der Waals surface area contributed by atoms with Crippen molar-refractivity contribution in [2.45, 2.75) is 60.2 Å². The molecule has 3 nitrogen and oxygen atoms in total. The minimum Gasteiger partial charge on any atom is -0.344 e. The van der Waals surface area contributed by atoms with Gasteiger partial charge in [-0.1, -0.05) is 20.8 Å². The van der Waals surface area contributed by atoms with Crippen LogP contribution in [0, 0.1) is 5.41 Å². The van der Waals surface area contributed by atoms with E-state index < -0.39 is 0 Å². The highest BCUT2D eigenvalue weighted by Gasteiger charge is 2.22. The number of hydrogen-bond donors (Lipinski definition) is 1. The molecule has 1 N–H and O–H groups in total. The van der Waals surface area contributed by atoms with Crippen molar-refractivity contribution in [1.82, 2.24) is 10.2 Å². The molecule has 0 aromatic rings. The lowest BCUT2D eigenvalue weighted by Crippen LogP contribution is -2.50. The molecule has 1 unspecified atom stereocenters. The van der Waals surface area contributed by atoms with Crippen molar-refractivity contribution >= 4 is 5.84 Å². The summed E-state index contributed by atoms with van der Waals surface area (Å²) >= 11 is 0. The van der Waals surface area contributed by atoms with Crippen LogP contribution in [0.2, 0.25) is 0 Å². The lowest BCUT2D eigenvalue weighted by Gasteiger charge is -2.35. The van der Waals surface area contributed by atoms with Gasteiger partial charge in [0.2, 0.25) is 0 Å². The molecular weight excluding hydrogens is 210 g/mol. The number of nitrogens with zero attached hydrogens (tertiary/aromatic N) is 2. The first-order valence-corrected chi connectivity index (χ1v) is 6.41. The van der Waals surface area contributed by atoms with E-state index in [4.69, 9.17) is 0 Å². The highest BCUT2D eigenvalue weighted by Crippen LogP contribution is 2.21. The summed E-state index contributed by atoms with van der Waals surface area (Å²) in [5.74, 6) is 1.07. The largest absolute Gasteiger partial charge is 0.344 e. The second kappa shape index (κ2) is 5.21. The number of hydrogen-bond acceptors (Lipinski definition) is 3. The molecule has 17 heavy (non-hydrogen) atoms. The zero-order valence-corrected chi connectivity index (χ0v) is 12.3. The zero-order chi connectivity index (χ0) is 13.2. The van der Waals surface area contributed by atoms with Crippen LogP contribution in [0.15, 0.2) is 16.8 Å². The Morgan fingerprint density at radius 2 is 2.00 bits per heavy atom. The van der Waals surface area contributed by atoms with E-state index in [0.29, 0.717) is 11.5 Å². The van der Waals surface area contributed by atoms with Gasteiger partial charge in [-0.3, -0.25) is 5.32 Å². The molecule has 0 aromatic carbocycles. The van der Waals surface area contributed by atoms with Gasteiger partial charge in [0.25, 0.3) is 0 Å². The van der Waals surface area contributed by atoms with E-state index in [-0.39, 0.29) is 6.17 Å². The second-order valence-corrected chi connectivity index (χ2v) is 6.36. The van der Waals surface area contributed by atoms with Crippen molar-refractivity contribution in [2.24, 2.45) is 10.4 Å². The number of allylic oxidation sites excluding steroid dienone is 1. The lowest BCUT2D eigenvalue weighted by atomic mass is 9.88. The maximum absolute atomic E-state index is 4.46. The molecular formula is C14H27N3. The molecule has 1 aliphatic rings. The predicted octanol–water partition coefficient (Wildman–Crippen LogP) is 2.99. The Labute approximate surface area is 106 Å². The third-order valence-corrected chi connectivity index (χ3v) is 3.04. The van der Waals surface area contributed by atoms with Gasteiger partial charge in [0, 0.05) is 18.8 Å². The molecule has 1 rings (SSSR count). The molecule has 0 amide bonds. The Morgan fingerprint density at radius 3 is 2.53 bits per heavy atom. The maximum atomic E-state index is 4.46. The summed E-state index contributed by atoms with van der Waals surface area (Å²) in [5, 5.41) is 3.65. The third-order valence-electron chi connectivity index (χ3n) is 3.04. The van der Waals surface area contributed by atoms with Crippen molar-refractivity contribution in [2.75, 3.05) is 7.05 Å². The first-order chi connectivity index (χ1) is 7.69. The zero-order valence-electron chi connectivity index (χ0n) is 12.3. The Kier molecular flexibility index (Phi) is 4.36. The molecule has 0 saturated carbocycles. The average Bonchev–Trinajstić information content (AvgIpc) is 2.10. The van der Waals surface area contributed by atoms with E-state index in [1.807, 2.05) is 0 Å². The van der Waals surface area contributed by atoms with Gasteiger partial charge in [-0.25, -0.2) is 4.99 Å². The SMILES string of the molecule is CC1=CC(N[C@H](C)CC(C)(C)C)N(C)C(C)=N1. The van der Waals surface area contributed by atoms with Crippen LogP contribution in [0.25, 0.3) is 0 Å². The fourth-order valence-corrected chi connectivity index (χ4v) is 2.34. The first-order valence-electron chi connectivity index (χ1n) is 6.41. The summed E-state index contributed by atoms with van der Waals surface area (Å²) in [7, 11) is 2.09. The second-order valence-electron chi connectivity index (χ2n) is 6.36. The Balaban J connectivity index is 2.61. The summed E-state index contributed by atoms with van der Waals surface area (Å²) in [5.41, 5.74) is 1.46. The Morgan fingerprint density at radius 1 is 1.41 bits per heavy atom. The summed E-state index contributed by atoms with van der Waals surface area (Å²) in [4.78, 5) is 6.65. The van der Waals surface area contributed by atoms with Gasteiger partial charge in [0.1, 0.15) is 12.0 Å². The normalized spacial score (nSPS) is 23.2. The topological polar surface area (TPSA) is 27.6 Å². The Hall–Kier alpha value is -0.830. The van der Waals surface area contributed by atoms with Crippen molar-refractivity contribution < 1.29 is 0 Å². The number of amidine groups is 1. The monoisotopic (exact) mass is 237 g/mol. The van der Waals surface area contributed by atoms with Crippen LogP contribution in [0.3, 0.4) is 0 Å². The van der Waals surface area contributed by atoms with E-state index in [1.54, 1.807) is 0 Å². The maximum Gasteiger partial charge on any atom is 0.102 e. The van der Waals surface area contributed by atoms with E-state index in [0.717, 1.165) is 11.5 Å². The molecule has 0 aromatic heterocycles. The van der Waals surface area contributed by atoms with Gasteiger partial charge in [0.15, 0.2) is 0 Å². The third kappa shape index (κ3) is 4.50. The van der Waals surface area contributed by atoms with Gasteiger partial charge in [0.05, 0.1) is 0 Å². The van der Waals surface area contributed by atoms with Gasteiger partial charge in [-0.05, 0) is 38.7 Å². The summed E-state index contributed by atoms with van der Waals surface area (Å²) < 4.78 is 0. The molecule has 0 aliphatic carbocycles. The quantitative estimate of drug-likeness (QED) is 0.817. The molecule has 0 spiro atoms. The summed E-state index contributed by atoms with van der Waals surface area (Å²) in [6.07, 6.45) is 3.62. The highest BCUT2D eigenvalue weighted by atomic mass is 15.3. The molecule has 0 fully saturated rings. The van der Waals surface area contributed by atoms with Gasteiger partial charge in [-0.15, -0.1) is 0 Å². The molecule has 0 saturated heterocycles. The van der Waals surface area contributed by atoms with Crippen molar-refractivity contribution in [1.29, 1.82) is 0 Å². The van der Waals surface area contributed by atoms with Crippen LogP contribution in [0.4, 0.5) is 0 Å². The number of aliphatic imine (C=N–C) groups is 1. The average molecular weight is 237 g/mol. The minimum absolute atomic E-state index is 0.268. The first kappa shape index (κ1) is 14.2. The van der Waals surface area contributed by atoms with E-state index in [1.165, 1.54) is 6.42 Å². The van der Waals surface area contributed by atoms with Crippen LogP contribution in [-0.2, 0) is 0 Å². The van der Waals surface area contributed by atoms with Crippen molar-refractivity contribution in [3.05, 3.63) is 11.8 Å². The fourth-order valence-electron chi connectivity index (χ4n) is 2.34. The van der Waals surface area contributed by atoms with E-state index in [2.05, 4.69) is 69.9 Å². The van der Waals surface area contributed by atoms with Gasteiger partial charge >= 0.3 is 0 Å². The number of nitrogens with one attached hydrogen (secondary N) is 1. The van der Waals surface area contributed by atoms with E-state index in [9.17, 15) is 0 Å². The van der Waals surface area contributed by atoms with Gasteiger partial charge < -0.3 is 4.90 Å². The molecule has 0 radical (unpaired) electrons. The van der Waals surface area contributed by atoms with E-state index >= 15 is 0 Å². The van der Waals surface area contributed by atoms with Crippen LogP contribution < -0.4 is 5.32 Å². The van der Waals surface area contributed by atoms with Crippen LogP contribution >= 0.6 is 0 Å². The van der Waals surface area contributed by atoms with Crippen LogP contribution in [0.1, 0.15) is 48.0 Å². The van der Waals surface area contributed by atoms with Crippen LogP contribution in [-0.4, -0.2) is 30.0 Å². The lowest BCUT2D eigenvalue weighted by molar-refractivity contribution is 0.265. The minimum atomic E-state index is 0.268. The molecule has 3 heteroatoms. The predicted molar refractivity (Wildman–Crippen MR) is 75.1 cm³/mol. The molecule has 2 atom stereocenters. The van der Waals surface area contributed by atoms with Crippen molar-refractivity contribution in [3.63, 3.8) is 0 Å². The van der Waals surface area contributed by atoms with Crippen LogP contribution in [0.5, 0.6) is 0 Å². The molecule has 0 bridgehead atoms. The summed E-state index contributed by atoms with van der Waals surface area (Å²) in [6.45, 7) is 13.2. The molecule has 1 aliphatic heterocycles. The van der Waals surface area contributed by atoms with Gasteiger partial charge in [-0.2, -0.15) is 0 Å².